The third-order valence-corrected chi connectivity index (χ3v) is 3.16. The van der Waals surface area contributed by atoms with Gasteiger partial charge in [0.15, 0.2) is 0 Å². The predicted octanol–water partition coefficient (Wildman–Crippen LogP) is 3.89. The quantitative estimate of drug-likeness (QED) is 0.612. The Morgan fingerprint density at radius 3 is 2.41 bits per heavy atom. The summed E-state index contributed by atoms with van der Waals surface area (Å²) in [6.45, 7) is 0. The van der Waals surface area contributed by atoms with E-state index in [0.717, 1.165) is 11.0 Å². The third-order valence-electron chi connectivity index (χ3n) is 2.10. The van der Waals surface area contributed by atoms with Crippen molar-refractivity contribution in [2.45, 2.75) is 9.79 Å². The Hall–Kier alpha value is -1.88. The Morgan fingerprint density at radius 1 is 1.12 bits per heavy atom. The molecule has 0 fully saturated rings. The minimum atomic E-state index is -0.611. The molecule has 17 heavy (non-hydrogen) atoms. The Labute approximate surface area is 101 Å². The number of nitro groups is 1. The smallest absolute Gasteiger partial charge is 0.258 e. The highest BCUT2D eigenvalue weighted by Gasteiger charge is 2.11. The molecule has 86 valence electrons. The molecule has 0 unspecified atom stereocenters. The van der Waals surface area contributed by atoms with Gasteiger partial charge in [0.05, 0.1) is 11.0 Å². The lowest BCUT2D eigenvalue weighted by Crippen LogP contribution is -1.90. The van der Waals surface area contributed by atoms with E-state index in [1.807, 2.05) is 30.3 Å². The van der Waals surface area contributed by atoms with Crippen LogP contribution in [0.15, 0.2) is 58.3 Å². The number of hydrogen-bond acceptors (Lipinski definition) is 3. The number of halogens is 1. The zero-order chi connectivity index (χ0) is 12.3. The van der Waals surface area contributed by atoms with Gasteiger partial charge in [0.1, 0.15) is 5.82 Å². The minimum Gasteiger partial charge on any atom is -0.258 e. The van der Waals surface area contributed by atoms with Crippen molar-refractivity contribution >= 4 is 17.4 Å². The number of benzene rings is 2. The largest absolute Gasteiger partial charge is 0.272 e. The van der Waals surface area contributed by atoms with Crippen LogP contribution in [0.5, 0.6) is 0 Å². The molecule has 0 aromatic heterocycles. The average molecular weight is 249 g/mol. The average Bonchev–Trinajstić information content (AvgIpc) is 2.33. The van der Waals surface area contributed by atoms with Crippen molar-refractivity contribution in [3.8, 4) is 0 Å². The lowest BCUT2D eigenvalue weighted by Gasteiger charge is -2.02. The molecule has 0 heterocycles. The highest BCUT2D eigenvalue weighted by atomic mass is 32.2. The first kappa shape index (κ1) is 11.6. The van der Waals surface area contributed by atoms with Crippen LogP contribution >= 0.6 is 11.8 Å². The van der Waals surface area contributed by atoms with Gasteiger partial charge in [-0.05, 0) is 18.2 Å². The summed E-state index contributed by atoms with van der Waals surface area (Å²) >= 11 is 1.24. The lowest BCUT2D eigenvalue weighted by molar-refractivity contribution is -0.385. The van der Waals surface area contributed by atoms with E-state index in [1.165, 1.54) is 23.9 Å². The van der Waals surface area contributed by atoms with Crippen LogP contribution in [0.25, 0.3) is 0 Å². The molecule has 0 aliphatic rings. The second-order valence-corrected chi connectivity index (χ2v) is 4.40. The molecule has 0 saturated heterocycles. The Kier molecular flexibility index (Phi) is 3.39. The van der Waals surface area contributed by atoms with E-state index < -0.39 is 10.7 Å². The zero-order valence-electron chi connectivity index (χ0n) is 8.67. The first-order valence-corrected chi connectivity index (χ1v) is 5.65. The summed E-state index contributed by atoms with van der Waals surface area (Å²) in [6, 6.07) is 12.9. The summed E-state index contributed by atoms with van der Waals surface area (Å²) in [5, 5.41) is 10.5. The predicted molar refractivity (Wildman–Crippen MR) is 63.6 cm³/mol. The van der Waals surface area contributed by atoms with E-state index in [9.17, 15) is 14.5 Å². The Bertz CT molecular complexity index is 545. The molecule has 0 amide bonds. The fraction of sp³-hybridized carbons (Fsp3) is 0. The third kappa shape index (κ3) is 2.82. The van der Waals surface area contributed by atoms with Crippen molar-refractivity contribution in [3.63, 3.8) is 0 Å². The van der Waals surface area contributed by atoms with E-state index in [2.05, 4.69) is 0 Å². The van der Waals surface area contributed by atoms with E-state index in [-0.39, 0.29) is 5.69 Å². The molecule has 5 heteroatoms. The molecule has 2 aromatic carbocycles. The molecule has 0 aliphatic carbocycles. The molecule has 0 bridgehead atoms. The molecular formula is C12H8FNO2S. The normalized spacial score (nSPS) is 10.2. The van der Waals surface area contributed by atoms with Crippen LogP contribution in [0.1, 0.15) is 0 Å². The summed E-state index contributed by atoms with van der Waals surface area (Å²) in [6.07, 6.45) is 0. The Morgan fingerprint density at radius 2 is 1.82 bits per heavy atom. The summed E-state index contributed by atoms with van der Waals surface area (Å²) in [5.74, 6) is -0.576. The maximum atomic E-state index is 13.6. The summed E-state index contributed by atoms with van der Waals surface area (Å²) < 4.78 is 13.6. The molecular weight excluding hydrogens is 241 g/mol. The monoisotopic (exact) mass is 249 g/mol. The van der Waals surface area contributed by atoms with E-state index >= 15 is 0 Å². The molecule has 0 aliphatic heterocycles. The standard InChI is InChI=1S/C12H8FNO2S/c13-11-8-9(14(15)16)6-7-12(11)17-10-4-2-1-3-5-10/h1-8H. The summed E-state index contributed by atoms with van der Waals surface area (Å²) in [7, 11) is 0. The first-order valence-electron chi connectivity index (χ1n) is 4.83. The van der Waals surface area contributed by atoms with Crippen LogP contribution in [-0.4, -0.2) is 4.92 Å². The minimum absolute atomic E-state index is 0.236. The first-order chi connectivity index (χ1) is 8.16. The topological polar surface area (TPSA) is 43.1 Å². The molecule has 0 radical (unpaired) electrons. The summed E-state index contributed by atoms with van der Waals surface area (Å²) in [4.78, 5) is 11.1. The van der Waals surface area contributed by atoms with Crippen molar-refractivity contribution in [1.82, 2.24) is 0 Å². The van der Waals surface area contributed by atoms with E-state index in [4.69, 9.17) is 0 Å². The van der Waals surface area contributed by atoms with Crippen molar-refractivity contribution in [2.24, 2.45) is 0 Å². The maximum absolute atomic E-state index is 13.6. The molecule has 2 rings (SSSR count). The number of nitrogens with zero attached hydrogens (tertiary/aromatic N) is 1. The van der Waals surface area contributed by atoms with Crippen molar-refractivity contribution < 1.29 is 9.31 Å². The van der Waals surface area contributed by atoms with Gasteiger partial charge >= 0.3 is 0 Å². The molecule has 0 atom stereocenters. The number of hydrogen-bond donors (Lipinski definition) is 0. The van der Waals surface area contributed by atoms with Gasteiger partial charge in [0.25, 0.3) is 5.69 Å². The molecule has 3 nitrogen and oxygen atoms in total. The highest BCUT2D eigenvalue weighted by molar-refractivity contribution is 7.99. The van der Waals surface area contributed by atoms with Gasteiger partial charge in [-0.15, -0.1) is 0 Å². The van der Waals surface area contributed by atoms with Crippen molar-refractivity contribution in [1.29, 1.82) is 0 Å². The molecule has 0 saturated carbocycles. The lowest BCUT2D eigenvalue weighted by atomic mass is 10.3. The SMILES string of the molecule is O=[N+]([O-])c1ccc(Sc2ccccc2)c(F)c1. The van der Waals surface area contributed by atoms with Crippen LogP contribution in [0.4, 0.5) is 10.1 Å². The highest BCUT2D eigenvalue weighted by Crippen LogP contribution is 2.31. The molecule has 0 N–H and O–H groups in total. The van der Waals surface area contributed by atoms with Crippen LogP contribution in [0.2, 0.25) is 0 Å². The van der Waals surface area contributed by atoms with Gasteiger partial charge in [-0.3, -0.25) is 10.1 Å². The fourth-order valence-electron chi connectivity index (χ4n) is 1.30. The number of rotatable bonds is 3. The second-order valence-electron chi connectivity index (χ2n) is 3.29. The molecule has 2 aromatic rings. The maximum Gasteiger partial charge on any atom is 0.272 e. The van der Waals surface area contributed by atoms with Crippen LogP contribution in [-0.2, 0) is 0 Å². The van der Waals surface area contributed by atoms with Gasteiger partial charge in [-0.25, -0.2) is 4.39 Å². The fourth-order valence-corrected chi connectivity index (χ4v) is 2.14. The zero-order valence-corrected chi connectivity index (χ0v) is 9.49. The van der Waals surface area contributed by atoms with Crippen molar-refractivity contribution in [2.75, 3.05) is 0 Å². The van der Waals surface area contributed by atoms with Gasteiger partial charge in [-0.1, -0.05) is 30.0 Å². The number of non-ortho nitro benzene ring substituents is 1. The van der Waals surface area contributed by atoms with Gasteiger partial charge in [-0.2, -0.15) is 0 Å². The number of nitro benzene ring substituents is 1. The van der Waals surface area contributed by atoms with Gasteiger partial charge in [0.2, 0.25) is 0 Å². The van der Waals surface area contributed by atoms with E-state index in [0.29, 0.717) is 4.90 Å². The van der Waals surface area contributed by atoms with Crippen molar-refractivity contribution in [3.05, 3.63) is 64.5 Å². The molecule has 0 spiro atoms. The Balaban J connectivity index is 2.26. The van der Waals surface area contributed by atoms with Gasteiger partial charge in [0, 0.05) is 15.9 Å². The van der Waals surface area contributed by atoms with Gasteiger partial charge < -0.3 is 0 Å². The van der Waals surface area contributed by atoms with Crippen LogP contribution in [0.3, 0.4) is 0 Å². The van der Waals surface area contributed by atoms with E-state index in [1.54, 1.807) is 0 Å². The van der Waals surface area contributed by atoms with Crippen LogP contribution in [0, 0.1) is 15.9 Å². The van der Waals surface area contributed by atoms with Crippen LogP contribution < -0.4 is 0 Å². The second kappa shape index (κ2) is 4.97. The summed E-state index contributed by atoms with van der Waals surface area (Å²) in [5.41, 5.74) is -0.236.